The highest BCUT2D eigenvalue weighted by atomic mass is 35.5. The number of nitrogens with one attached hydrogen (secondary N) is 1. The summed E-state index contributed by atoms with van der Waals surface area (Å²) in [7, 11) is 0. The zero-order valence-corrected chi connectivity index (χ0v) is 21.1. The Bertz CT molecular complexity index is 1270. The summed E-state index contributed by atoms with van der Waals surface area (Å²) in [6, 6.07) is 2.93. The predicted molar refractivity (Wildman–Crippen MR) is 135 cm³/mol. The molecular formula is C26H30ClFN4O4. The first-order valence-corrected chi connectivity index (χ1v) is 12.6. The molecule has 8 nitrogen and oxygen atoms in total. The van der Waals surface area contributed by atoms with Crippen LogP contribution in [0.15, 0.2) is 24.5 Å². The van der Waals surface area contributed by atoms with Crippen molar-refractivity contribution in [3.63, 3.8) is 0 Å². The Morgan fingerprint density at radius 1 is 1.14 bits per heavy atom. The Labute approximate surface area is 213 Å². The monoisotopic (exact) mass is 516 g/mol. The number of benzene rings is 1. The van der Waals surface area contributed by atoms with Crippen molar-refractivity contribution in [1.29, 1.82) is 0 Å². The summed E-state index contributed by atoms with van der Waals surface area (Å²) < 4.78 is 26.1. The van der Waals surface area contributed by atoms with Crippen molar-refractivity contribution in [3.05, 3.63) is 46.5 Å². The van der Waals surface area contributed by atoms with Gasteiger partial charge in [-0.15, -0.1) is 0 Å². The summed E-state index contributed by atoms with van der Waals surface area (Å²) in [5.41, 5.74) is 1.54. The minimum Gasteiger partial charge on any atom is -0.389 e. The van der Waals surface area contributed by atoms with E-state index in [1.54, 1.807) is 6.20 Å². The minimum absolute atomic E-state index is 0.000117. The lowest BCUT2D eigenvalue weighted by Crippen LogP contribution is -2.42. The number of rotatable bonds is 5. The molecule has 1 aromatic carbocycles. The van der Waals surface area contributed by atoms with E-state index in [2.05, 4.69) is 20.3 Å². The topological polar surface area (TPSA) is 110 Å². The number of hydrogen-bond donors (Lipinski definition) is 3. The van der Waals surface area contributed by atoms with E-state index >= 15 is 4.39 Å². The largest absolute Gasteiger partial charge is 0.389 e. The molecule has 2 atom stereocenters. The highest BCUT2D eigenvalue weighted by molar-refractivity contribution is 6.33. The third kappa shape index (κ3) is 4.78. The van der Waals surface area contributed by atoms with E-state index in [0.29, 0.717) is 61.3 Å². The van der Waals surface area contributed by atoms with Crippen molar-refractivity contribution < 1.29 is 24.1 Å². The Morgan fingerprint density at radius 3 is 2.64 bits per heavy atom. The van der Waals surface area contributed by atoms with Gasteiger partial charge in [0, 0.05) is 55.4 Å². The molecule has 0 saturated carbocycles. The maximum absolute atomic E-state index is 15.4. The molecule has 192 valence electrons. The van der Waals surface area contributed by atoms with Gasteiger partial charge in [-0.1, -0.05) is 25.4 Å². The summed E-state index contributed by atoms with van der Waals surface area (Å²) in [5.74, 6) is -0.215. The number of fused-ring (bicyclic) bond motifs is 1. The van der Waals surface area contributed by atoms with Crippen LogP contribution in [0.2, 0.25) is 5.02 Å². The van der Waals surface area contributed by atoms with Gasteiger partial charge in [0.05, 0.1) is 41.3 Å². The summed E-state index contributed by atoms with van der Waals surface area (Å²) >= 11 is 6.47. The van der Waals surface area contributed by atoms with E-state index in [-0.39, 0.29) is 35.1 Å². The molecule has 2 aliphatic rings. The highest BCUT2D eigenvalue weighted by Crippen LogP contribution is 2.41. The van der Waals surface area contributed by atoms with Crippen LogP contribution >= 0.6 is 11.6 Å². The second-order valence-corrected chi connectivity index (χ2v) is 10.2. The lowest BCUT2D eigenvalue weighted by molar-refractivity contribution is -0.0686. The molecule has 0 radical (unpaired) electrons. The molecule has 36 heavy (non-hydrogen) atoms. The Hall–Kier alpha value is -2.43. The molecule has 5 rings (SSSR count). The molecule has 0 spiro atoms. The van der Waals surface area contributed by atoms with Gasteiger partial charge in [0.1, 0.15) is 11.3 Å². The van der Waals surface area contributed by atoms with Crippen LogP contribution in [0.5, 0.6) is 0 Å². The van der Waals surface area contributed by atoms with Gasteiger partial charge < -0.3 is 25.0 Å². The van der Waals surface area contributed by atoms with Crippen molar-refractivity contribution in [2.24, 2.45) is 0 Å². The van der Waals surface area contributed by atoms with E-state index in [1.165, 1.54) is 12.3 Å². The standard InChI is InChI=1S/C26H30ClFN4O4/c1-14(2)22-16-9-15(10-19(28)24(16)29-11-17(22)26(34)4-7-35-8-5-26)23-18(27)12-30-25(32-23)31-20-3-6-36-13-21(20)33/h9-12,14,20-21,33-34H,3-8,13H2,1-2H3,(H,30,31,32)/t20-,21-/m1/s1. The normalized spacial score (nSPS) is 22.2. The zero-order chi connectivity index (χ0) is 25.4. The predicted octanol–water partition coefficient (Wildman–Crippen LogP) is 4.17. The van der Waals surface area contributed by atoms with Gasteiger partial charge in [0.2, 0.25) is 5.95 Å². The van der Waals surface area contributed by atoms with Crippen molar-refractivity contribution in [2.75, 3.05) is 31.7 Å². The Morgan fingerprint density at radius 2 is 1.92 bits per heavy atom. The average Bonchev–Trinajstić information content (AvgIpc) is 2.86. The van der Waals surface area contributed by atoms with Crippen LogP contribution < -0.4 is 5.32 Å². The lowest BCUT2D eigenvalue weighted by atomic mass is 9.80. The van der Waals surface area contributed by atoms with Gasteiger partial charge in [-0.25, -0.2) is 14.4 Å². The number of anilines is 1. The first kappa shape index (κ1) is 25.2. The number of nitrogens with zero attached hydrogens (tertiary/aromatic N) is 3. The molecule has 0 amide bonds. The molecule has 3 N–H and O–H groups in total. The smallest absolute Gasteiger partial charge is 0.223 e. The van der Waals surface area contributed by atoms with Crippen molar-refractivity contribution >= 4 is 28.5 Å². The van der Waals surface area contributed by atoms with E-state index in [0.717, 1.165) is 5.56 Å². The van der Waals surface area contributed by atoms with E-state index in [9.17, 15) is 10.2 Å². The number of hydrogen-bond acceptors (Lipinski definition) is 8. The number of ether oxygens (including phenoxy) is 2. The molecule has 0 bridgehead atoms. The molecule has 10 heteroatoms. The van der Waals surface area contributed by atoms with Crippen LogP contribution in [0.3, 0.4) is 0 Å². The summed E-state index contributed by atoms with van der Waals surface area (Å²) in [4.78, 5) is 13.2. The maximum atomic E-state index is 15.4. The van der Waals surface area contributed by atoms with Gasteiger partial charge in [-0.3, -0.25) is 4.98 Å². The zero-order valence-electron chi connectivity index (χ0n) is 20.3. The molecule has 2 fully saturated rings. The number of aliphatic hydroxyl groups excluding tert-OH is 1. The first-order chi connectivity index (χ1) is 17.3. The third-order valence-electron chi connectivity index (χ3n) is 7.02. The molecule has 2 saturated heterocycles. The minimum atomic E-state index is -1.08. The second kappa shape index (κ2) is 10.1. The van der Waals surface area contributed by atoms with Crippen LogP contribution in [0, 0.1) is 5.82 Å². The van der Waals surface area contributed by atoms with Crippen LogP contribution in [0.4, 0.5) is 10.3 Å². The fourth-order valence-electron chi connectivity index (χ4n) is 5.08. The third-order valence-corrected chi connectivity index (χ3v) is 7.30. The second-order valence-electron chi connectivity index (χ2n) is 9.81. The number of halogens is 2. The lowest BCUT2D eigenvalue weighted by Gasteiger charge is -2.35. The fraction of sp³-hybridized carbons (Fsp3) is 0.500. The van der Waals surface area contributed by atoms with E-state index in [4.69, 9.17) is 21.1 Å². The average molecular weight is 517 g/mol. The van der Waals surface area contributed by atoms with E-state index in [1.807, 2.05) is 19.9 Å². The van der Waals surface area contributed by atoms with E-state index < -0.39 is 17.5 Å². The number of aromatic nitrogens is 3. The van der Waals surface area contributed by atoms with Crippen molar-refractivity contribution in [3.8, 4) is 11.3 Å². The fourth-order valence-corrected chi connectivity index (χ4v) is 5.28. The van der Waals surface area contributed by atoms with Gasteiger partial charge in [-0.05, 0) is 30.0 Å². The summed E-state index contributed by atoms with van der Waals surface area (Å²) in [5, 5.41) is 25.7. The van der Waals surface area contributed by atoms with Crippen LogP contribution in [0.25, 0.3) is 22.2 Å². The number of aliphatic hydroxyl groups is 2. The van der Waals surface area contributed by atoms with Crippen molar-refractivity contribution in [2.45, 2.75) is 56.8 Å². The van der Waals surface area contributed by atoms with Gasteiger partial charge in [0.15, 0.2) is 0 Å². The van der Waals surface area contributed by atoms with Crippen LogP contribution in [-0.2, 0) is 15.1 Å². The first-order valence-electron chi connectivity index (χ1n) is 12.2. The van der Waals surface area contributed by atoms with Gasteiger partial charge in [0.25, 0.3) is 0 Å². The highest BCUT2D eigenvalue weighted by Gasteiger charge is 2.35. The summed E-state index contributed by atoms with van der Waals surface area (Å²) in [6.45, 7) is 5.70. The van der Waals surface area contributed by atoms with Gasteiger partial charge >= 0.3 is 0 Å². The Balaban J connectivity index is 1.61. The Kier molecular flexibility index (Phi) is 7.11. The molecule has 0 unspecified atom stereocenters. The molecule has 0 aliphatic carbocycles. The molecular weight excluding hydrogens is 487 g/mol. The molecule has 3 aromatic rings. The maximum Gasteiger partial charge on any atom is 0.223 e. The molecule has 2 aliphatic heterocycles. The molecule has 4 heterocycles. The quantitative estimate of drug-likeness (QED) is 0.463. The SMILES string of the molecule is CC(C)c1c(C2(O)CCOCC2)cnc2c(F)cc(-c3nc(N[C@@H]4CCOC[C@H]4O)ncc3Cl)cc12. The van der Waals surface area contributed by atoms with Crippen molar-refractivity contribution in [1.82, 2.24) is 15.0 Å². The molecule has 2 aromatic heterocycles. The van der Waals surface area contributed by atoms with Gasteiger partial charge in [-0.2, -0.15) is 0 Å². The number of pyridine rings is 1. The van der Waals surface area contributed by atoms with Crippen LogP contribution in [-0.4, -0.2) is 63.7 Å². The summed E-state index contributed by atoms with van der Waals surface area (Å²) in [6.07, 6.45) is 3.88. The van der Waals surface area contributed by atoms with Crippen LogP contribution in [0.1, 0.15) is 50.2 Å².